The molecule has 0 saturated heterocycles. The summed E-state index contributed by atoms with van der Waals surface area (Å²) in [6.07, 6.45) is 3.16. The van der Waals surface area contributed by atoms with E-state index in [9.17, 15) is 0 Å². The van der Waals surface area contributed by atoms with E-state index < -0.39 is 0 Å². The number of hydrogen-bond donors (Lipinski definition) is 0. The Kier molecular flexibility index (Phi) is 2.06. The monoisotopic (exact) mass is 140 g/mol. The molecule has 1 heterocycles. The summed E-state index contributed by atoms with van der Waals surface area (Å²) >= 11 is 5.71. The van der Waals surface area contributed by atoms with E-state index in [-0.39, 0.29) is 6.13 Å². The SMILES string of the molecule is CB(Cl)c1ccncn1. The number of halogens is 1. The smallest absolute Gasteiger partial charge is 0.250 e. The molecule has 0 aromatic carbocycles. The van der Waals surface area contributed by atoms with Gasteiger partial charge >= 0.3 is 6.13 Å². The van der Waals surface area contributed by atoms with Gasteiger partial charge in [-0.05, 0) is 6.07 Å². The molecular formula is C5H6BClN2. The summed E-state index contributed by atoms with van der Waals surface area (Å²) in [5.74, 6) is 0. The summed E-state index contributed by atoms with van der Waals surface area (Å²) in [4.78, 5) is 7.69. The van der Waals surface area contributed by atoms with Crippen LogP contribution in [-0.4, -0.2) is 16.1 Å². The van der Waals surface area contributed by atoms with Crippen LogP contribution in [0.15, 0.2) is 18.6 Å². The van der Waals surface area contributed by atoms with Crippen LogP contribution in [0.4, 0.5) is 0 Å². The maximum Gasteiger partial charge on any atom is 0.301 e. The zero-order valence-corrected chi connectivity index (χ0v) is 5.84. The van der Waals surface area contributed by atoms with E-state index >= 15 is 0 Å². The first-order valence-electron chi connectivity index (χ1n) is 2.70. The Bertz CT molecular complexity index is 178. The molecule has 1 rings (SSSR count). The molecule has 0 atom stereocenters. The van der Waals surface area contributed by atoms with Gasteiger partial charge in [0, 0.05) is 11.8 Å². The fourth-order valence-electron chi connectivity index (χ4n) is 0.536. The summed E-state index contributed by atoms with van der Waals surface area (Å²) in [5, 5.41) is 0. The number of aromatic nitrogens is 2. The minimum Gasteiger partial charge on any atom is -0.250 e. The van der Waals surface area contributed by atoms with Gasteiger partial charge in [-0.25, -0.2) is 9.97 Å². The third kappa shape index (κ3) is 1.68. The molecule has 0 bridgehead atoms. The van der Waals surface area contributed by atoms with E-state index in [1.807, 2.05) is 6.82 Å². The largest absolute Gasteiger partial charge is 0.301 e. The van der Waals surface area contributed by atoms with Crippen LogP contribution in [0.2, 0.25) is 6.82 Å². The van der Waals surface area contributed by atoms with Gasteiger partial charge in [-0.3, -0.25) is 0 Å². The Morgan fingerprint density at radius 2 is 2.44 bits per heavy atom. The van der Waals surface area contributed by atoms with Crippen LogP contribution in [0.5, 0.6) is 0 Å². The fourth-order valence-corrected chi connectivity index (χ4v) is 0.665. The lowest BCUT2D eigenvalue weighted by atomic mass is 9.76. The van der Waals surface area contributed by atoms with E-state index in [4.69, 9.17) is 11.5 Å². The second kappa shape index (κ2) is 2.83. The standard InChI is InChI=1S/C5H6BClN2/c1-6(7)5-2-3-8-4-9-5/h2-4H,1H3. The van der Waals surface area contributed by atoms with Crippen molar-refractivity contribution in [3.05, 3.63) is 18.6 Å². The Labute approximate surface area is 59.3 Å². The highest BCUT2D eigenvalue weighted by atomic mass is 35.5. The Balaban J connectivity index is 2.85. The number of hydrogen-bond acceptors (Lipinski definition) is 2. The lowest BCUT2D eigenvalue weighted by Crippen LogP contribution is -2.23. The highest BCUT2D eigenvalue weighted by molar-refractivity contribution is 7.13. The highest BCUT2D eigenvalue weighted by Gasteiger charge is 2.04. The van der Waals surface area contributed by atoms with E-state index in [1.54, 1.807) is 12.3 Å². The van der Waals surface area contributed by atoms with Crippen molar-refractivity contribution in [2.45, 2.75) is 6.82 Å². The lowest BCUT2D eigenvalue weighted by molar-refractivity contribution is 1.20. The van der Waals surface area contributed by atoms with Crippen LogP contribution in [0.3, 0.4) is 0 Å². The third-order valence-corrected chi connectivity index (χ3v) is 1.24. The molecule has 0 aliphatic rings. The molecule has 9 heavy (non-hydrogen) atoms. The average Bonchev–Trinajstić information content (AvgIpc) is 1.90. The molecule has 2 nitrogen and oxygen atoms in total. The summed E-state index contributed by atoms with van der Waals surface area (Å²) in [5.41, 5.74) is 0.867. The van der Waals surface area contributed by atoms with Crippen LogP contribution in [-0.2, 0) is 0 Å². The molecule has 0 aliphatic carbocycles. The van der Waals surface area contributed by atoms with Crippen LogP contribution >= 0.6 is 11.5 Å². The first-order chi connectivity index (χ1) is 4.30. The normalized spacial score (nSPS) is 9.11. The first kappa shape index (κ1) is 6.55. The van der Waals surface area contributed by atoms with E-state index in [1.165, 1.54) is 6.33 Å². The van der Waals surface area contributed by atoms with Crippen molar-refractivity contribution >= 4 is 23.2 Å². The van der Waals surface area contributed by atoms with Gasteiger partial charge in [0.25, 0.3) is 0 Å². The maximum absolute atomic E-state index is 5.71. The van der Waals surface area contributed by atoms with Crippen LogP contribution in [0.1, 0.15) is 0 Å². The maximum atomic E-state index is 5.71. The van der Waals surface area contributed by atoms with Crippen molar-refractivity contribution in [3.63, 3.8) is 0 Å². The van der Waals surface area contributed by atoms with Gasteiger partial charge in [-0.15, -0.1) is 0 Å². The Morgan fingerprint density at radius 1 is 1.67 bits per heavy atom. The van der Waals surface area contributed by atoms with Crippen molar-refractivity contribution in [2.24, 2.45) is 0 Å². The summed E-state index contributed by atoms with van der Waals surface area (Å²) in [7, 11) is 0. The predicted octanol–water partition coefficient (Wildman–Crippen LogP) is 0.544. The first-order valence-corrected chi connectivity index (χ1v) is 3.14. The van der Waals surface area contributed by atoms with Crippen molar-refractivity contribution in [1.82, 2.24) is 9.97 Å². The van der Waals surface area contributed by atoms with Crippen molar-refractivity contribution in [2.75, 3.05) is 0 Å². The molecule has 4 heteroatoms. The topological polar surface area (TPSA) is 25.8 Å². The van der Waals surface area contributed by atoms with E-state index in [0.717, 1.165) is 5.59 Å². The minimum absolute atomic E-state index is 0.0204. The lowest BCUT2D eigenvalue weighted by Gasteiger charge is -1.93. The van der Waals surface area contributed by atoms with Gasteiger partial charge < -0.3 is 0 Å². The Hall–Kier alpha value is -0.565. The van der Waals surface area contributed by atoms with Crippen LogP contribution < -0.4 is 5.59 Å². The van der Waals surface area contributed by atoms with Gasteiger partial charge in [0.05, 0.1) is 0 Å². The average molecular weight is 140 g/mol. The van der Waals surface area contributed by atoms with Crippen molar-refractivity contribution in [3.8, 4) is 0 Å². The highest BCUT2D eigenvalue weighted by Crippen LogP contribution is 1.85. The van der Waals surface area contributed by atoms with Gasteiger partial charge in [-0.1, -0.05) is 6.82 Å². The van der Waals surface area contributed by atoms with Crippen molar-refractivity contribution in [1.29, 1.82) is 0 Å². The van der Waals surface area contributed by atoms with Gasteiger partial charge in [0.2, 0.25) is 0 Å². The molecule has 46 valence electrons. The minimum atomic E-state index is -0.0204. The van der Waals surface area contributed by atoms with E-state index in [2.05, 4.69) is 9.97 Å². The molecule has 1 aromatic rings. The predicted molar refractivity (Wildman–Crippen MR) is 39.1 cm³/mol. The quantitative estimate of drug-likeness (QED) is 0.532. The molecule has 0 spiro atoms. The summed E-state index contributed by atoms with van der Waals surface area (Å²) in [6.45, 7) is 1.88. The second-order valence-corrected chi connectivity index (χ2v) is 2.40. The van der Waals surface area contributed by atoms with Gasteiger partial charge in [-0.2, -0.15) is 11.5 Å². The molecule has 0 unspecified atom stereocenters. The second-order valence-electron chi connectivity index (χ2n) is 1.75. The molecule has 0 N–H and O–H groups in total. The molecular weight excluding hydrogens is 134 g/mol. The molecule has 0 fully saturated rings. The molecule has 0 aliphatic heterocycles. The molecule has 0 amide bonds. The number of rotatable bonds is 1. The van der Waals surface area contributed by atoms with E-state index in [0.29, 0.717) is 0 Å². The zero-order chi connectivity index (χ0) is 6.69. The van der Waals surface area contributed by atoms with Gasteiger partial charge in [0.1, 0.15) is 6.33 Å². The molecule has 0 radical (unpaired) electrons. The van der Waals surface area contributed by atoms with Gasteiger partial charge in [0.15, 0.2) is 0 Å². The third-order valence-electron chi connectivity index (χ3n) is 1.01. The van der Waals surface area contributed by atoms with Crippen molar-refractivity contribution < 1.29 is 0 Å². The molecule has 1 aromatic heterocycles. The van der Waals surface area contributed by atoms with Crippen LogP contribution in [0.25, 0.3) is 0 Å². The van der Waals surface area contributed by atoms with Crippen LogP contribution in [0, 0.1) is 0 Å². The molecule has 0 saturated carbocycles. The zero-order valence-electron chi connectivity index (χ0n) is 5.08. The number of nitrogens with zero attached hydrogens (tertiary/aromatic N) is 2. The Morgan fingerprint density at radius 3 is 2.78 bits per heavy atom. The summed E-state index contributed by atoms with van der Waals surface area (Å²) < 4.78 is 0. The summed E-state index contributed by atoms with van der Waals surface area (Å²) in [6, 6.07) is 1.80. The fraction of sp³-hybridized carbons (Fsp3) is 0.200.